The van der Waals surface area contributed by atoms with Crippen LogP contribution >= 0.6 is 0 Å². The Bertz CT molecular complexity index is 952. The third-order valence-electron chi connectivity index (χ3n) is 5.74. The van der Waals surface area contributed by atoms with Crippen LogP contribution in [0.3, 0.4) is 0 Å². The van der Waals surface area contributed by atoms with Crippen molar-refractivity contribution in [3.8, 4) is 0 Å². The van der Waals surface area contributed by atoms with E-state index >= 15 is 0 Å². The lowest BCUT2D eigenvalue weighted by Crippen LogP contribution is -2.34. The van der Waals surface area contributed by atoms with E-state index < -0.39 is 9.84 Å². The molecule has 0 spiro atoms. The third kappa shape index (κ3) is 3.45. The maximum atomic E-state index is 12.5. The van der Waals surface area contributed by atoms with Gasteiger partial charge in [0.15, 0.2) is 9.84 Å². The first-order chi connectivity index (χ1) is 12.8. The Hall–Kier alpha value is -2.35. The molecule has 2 N–H and O–H groups in total. The standard InChI is InChI=1S/C19H24N4O3S/c1-19(2)16(13-6-4-3-5-7-13)17(19)22-18(24)21-15-8-10-20-23(15)14-9-11-27(25,26)12-14/h3-8,10,14,16-17H,9,11-12H2,1-2H3,(H2,21,22,24)/t14?,16-,17-/m0/s1. The van der Waals surface area contributed by atoms with E-state index in [9.17, 15) is 13.2 Å². The van der Waals surface area contributed by atoms with Gasteiger partial charge in [0.05, 0.1) is 23.7 Å². The highest BCUT2D eigenvalue weighted by Gasteiger charge is 2.59. The van der Waals surface area contributed by atoms with Crippen molar-refractivity contribution in [2.24, 2.45) is 5.41 Å². The van der Waals surface area contributed by atoms with E-state index in [1.807, 2.05) is 18.2 Å². The Morgan fingerprint density at radius 3 is 2.63 bits per heavy atom. The Labute approximate surface area is 159 Å². The number of hydrogen-bond donors (Lipinski definition) is 2. The summed E-state index contributed by atoms with van der Waals surface area (Å²) in [5.74, 6) is 1.02. The van der Waals surface area contributed by atoms with Gasteiger partial charge in [-0.05, 0) is 17.4 Å². The van der Waals surface area contributed by atoms with Gasteiger partial charge < -0.3 is 5.32 Å². The van der Waals surface area contributed by atoms with Crippen LogP contribution in [0.4, 0.5) is 10.6 Å². The molecule has 1 aromatic carbocycles. The third-order valence-corrected chi connectivity index (χ3v) is 7.49. The predicted molar refractivity (Wildman–Crippen MR) is 103 cm³/mol. The SMILES string of the molecule is CC1(C)[C@@H](NC(=O)Nc2ccnn2C2CCS(=O)(=O)C2)[C@@H]1c1ccccc1. The quantitative estimate of drug-likeness (QED) is 0.842. The molecule has 0 bridgehead atoms. The van der Waals surface area contributed by atoms with Crippen molar-refractivity contribution in [2.45, 2.75) is 38.3 Å². The molecule has 4 rings (SSSR count). The minimum absolute atomic E-state index is 0.0154. The van der Waals surface area contributed by atoms with Crippen molar-refractivity contribution < 1.29 is 13.2 Å². The molecule has 2 aliphatic rings. The molecule has 3 atom stereocenters. The van der Waals surface area contributed by atoms with E-state index in [1.165, 1.54) is 5.56 Å². The summed E-state index contributed by atoms with van der Waals surface area (Å²) >= 11 is 0. The number of anilines is 1. The normalized spacial score (nSPS) is 27.9. The number of carbonyl (C=O) groups is 1. The topological polar surface area (TPSA) is 93.1 Å². The first-order valence-corrected chi connectivity index (χ1v) is 11.0. The zero-order chi connectivity index (χ0) is 19.2. The van der Waals surface area contributed by atoms with Crippen molar-refractivity contribution in [2.75, 3.05) is 16.8 Å². The fourth-order valence-electron chi connectivity index (χ4n) is 4.16. The molecule has 2 aromatic rings. The zero-order valence-electron chi connectivity index (χ0n) is 15.4. The van der Waals surface area contributed by atoms with Gasteiger partial charge in [-0.3, -0.25) is 5.32 Å². The number of urea groups is 1. The van der Waals surface area contributed by atoms with Crippen LogP contribution in [-0.2, 0) is 9.84 Å². The molecule has 2 fully saturated rings. The molecule has 27 heavy (non-hydrogen) atoms. The number of rotatable bonds is 4. The molecule has 0 radical (unpaired) electrons. The molecule has 1 saturated carbocycles. The lowest BCUT2D eigenvalue weighted by atomic mass is 10.0. The molecule has 1 aliphatic heterocycles. The van der Waals surface area contributed by atoms with Crippen molar-refractivity contribution in [1.82, 2.24) is 15.1 Å². The van der Waals surface area contributed by atoms with Crippen LogP contribution in [0.5, 0.6) is 0 Å². The van der Waals surface area contributed by atoms with E-state index in [-0.39, 0.29) is 41.0 Å². The summed E-state index contributed by atoms with van der Waals surface area (Å²) in [5.41, 5.74) is 1.20. The second-order valence-electron chi connectivity index (χ2n) is 8.00. The number of nitrogens with zero attached hydrogens (tertiary/aromatic N) is 2. The lowest BCUT2D eigenvalue weighted by Gasteiger charge is -2.14. The average molecular weight is 388 g/mol. The highest BCUT2D eigenvalue weighted by atomic mass is 32.2. The molecular weight excluding hydrogens is 364 g/mol. The van der Waals surface area contributed by atoms with Crippen LogP contribution in [0.2, 0.25) is 0 Å². The van der Waals surface area contributed by atoms with Crippen molar-refractivity contribution in [1.29, 1.82) is 0 Å². The number of nitrogens with one attached hydrogen (secondary N) is 2. The van der Waals surface area contributed by atoms with Gasteiger partial charge in [0.25, 0.3) is 0 Å². The first-order valence-electron chi connectivity index (χ1n) is 9.14. The minimum atomic E-state index is -3.02. The van der Waals surface area contributed by atoms with E-state index in [0.717, 1.165) is 0 Å². The van der Waals surface area contributed by atoms with Crippen LogP contribution in [0, 0.1) is 5.41 Å². The predicted octanol–water partition coefficient (Wildman–Crippen LogP) is 2.56. The van der Waals surface area contributed by atoms with Gasteiger partial charge >= 0.3 is 6.03 Å². The van der Waals surface area contributed by atoms with Gasteiger partial charge in [-0.15, -0.1) is 0 Å². The number of benzene rings is 1. The highest BCUT2D eigenvalue weighted by Crippen LogP contribution is 2.58. The molecule has 1 saturated heterocycles. The lowest BCUT2D eigenvalue weighted by molar-refractivity contribution is 0.250. The summed E-state index contributed by atoms with van der Waals surface area (Å²) < 4.78 is 25.1. The molecule has 8 heteroatoms. The zero-order valence-corrected chi connectivity index (χ0v) is 16.2. The van der Waals surface area contributed by atoms with E-state index in [1.54, 1.807) is 16.9 Å². The van der Waals surface area contributed by atoms with Crippen molar-refractivity contribution in [3.63, 3.8) is 0 Å². The first kappa shape index (κ1) is 18.0. The summed E-state index contributed by atoms with van der Waals surface area (Å²) in [5, 5.41) is 10.1. The van der Waals surface area contributed by atoms with E-state index in [0.29, 0.717) is 12.2 Å². The van der Waals surface area contributed by atoms with Crippen molar-refractivity contribution in [3.05, 3.63) is 48.2 Å². The van der Waals surface area contributed by atoms with Gasteiger partial charge in [0.1, 0.15) is 5.82 Å². The second kappa shape index (κ2) is 6.37. The molecule has 1 unspecified atom stereocenters. The number of amides is 2. The summed E-state index contributed by atoms with van der Waals surface area (Å²) in [4.78, 5) is 12.5. The van der Waals surface area contributed by atoms with Gasteiger partial charge in [-0.1, -0.05) is 44.2 Å². The number of aromatic nitrogens is 2. The number of sulfone groups is 1. The number of carbonyl (C=O) groups excluding carboxylic acids is 1. The summed E-state index contributed by atoms with van der Waals surface area (Å²) in [6.07, 6.45) is 2.10. The monoisotopic (exact) mass is 388 g/mol. The Balaban J connectivity index is 1.42. The summed E-state index contributed by atoms with van der Waals surface area (Å²) in [7, 11) is -3.02. The van der Waals surface area contributed by atoms with Crippen molar-refractivity contribution >= 4 is 21.7 Å². The van der Waals surface area contributed by atoms with Gasteiger partial charge in [-0.25, -0.2) is 17.9 Å². The summed E-state index contributed by atoms with van der Waals surface area (Å²) in [6, 6.07) is 11.4. The maximum Gasteiger partial charge on any atom is 0.320 e. The van der Waals surface area contributed by atoms with Crippen LogP contribution in [-0.4, -0.2) is 41.8 Å². The molecule has 2 amide bonds. The van der Waals surface area contributed by atoms with E-state index in [4.69, 9.17) is 0 Å². The van der Waals surface area contributed by atoms with E-state index in [2.05, 4.69) is 41.7 Å². The Morgan fingerprint density at radius 1 is 1.22 bits per heavy atom. The van der Waals surface area contributed by atoms with Crippen LogP contribution < -0.4 is 10.6 Å². The largest absolute Gasteiger partial charge is 0.334 e. The average Bonchev–Trinajstić information content (AvgIpc) is 2.97. The van der Waals surface area contributed by atoms with Gasteiger partial charge in [-0.2, -0.15) is 5.10 Å². The Morgan fingerprint density at radius 2 is 1.96 bits per heavy atom. The maximum absolute atomic E-state index is 12.5. The van der Waals surface area contributed by atoms with Crippen LogP contribution in [0.15, 0.2) is 42.6 Å². The Kier molecular flexibility index (Phi) is 4.25. The molecule has 2 heterocycles. The molecule has 7 nitrogen and oxygen atoms in total. The summed E-state index contributed by atoms with van der Waals surface area (Å²) in [6.45, 7) is 4.28. The smallest absolute Gasteiger partial charge is 0.320 e. The molecule has 144 valence electrons. The van der Waals surface area contributed by atoms with Gasteiger partial charge in [0.2, 0.25) is 0 Å². The number of hydrogen-bond acceptors (Lipinski definition) is 4. The highest BCUT2D eigenvalue weighted by molar-refractivity contribution is 7.91. The van der Waals surface area contributed by atoms with Crippen LogP contribution in [0.1, 0.15) is 37.8 Å². The fourth-order valence-corrected chi connectivity index (χ4v) is 5.85. The molecule has 1 aliphatic carbocycles. The molecular formula is C19H24N4O3S. The minimum Gasteiger partial charge on any atom is -0.334 e. The fraction of sp³-hybridized carbons (Fsp3) is 0.474. The second-order valence-corrected chi connectivity index (χ2v) is 10.2. The molecule has 1 aromatic heterocycles. The van der Waals surface area contributed by atoms with Crippen LogP contribution in [0.25, 0.3) is 0 Å². The van der Waals surface area contributed by atoms with Gasteiger partial charge in [0, 0.05) is 18.0 Å².